The molecular weight excluding hydrogens is 532 g/mol. The van der Waals surface area contributed by atoms with Crippen LogP contribution in [0.15, 0.2) is 60.8 Å². The Morgan fingerprint density at radius 3 is 2.18 bits per heavy atom. The number of hydrogen-bond acceptors (Lipinski definition) is 9. The lowest BCUT2D eigenvalue weighted by molar-refractivity contribution is -0.300. The molecule has 0 aromatic rings. The van der Waals surface area contributed by atoms with Gasteiger partial charge < -0.3 is 40.1 Å². The van der Waals surface area contributed by atoms with Gasteiger partial charge in [0.2, 0.25) is 0 Å². The Labute approximate surface area is 233 Å². The van der Waals surface area contributed by atoms with Gasteiger partial charge in [-0.1, -0.05) is 61.6 Å². The van der Waals surface area contributed by atoms with Gasteiger partial charge in [-0.2, -0.15) is 0 Å². The first-order chi connectivity index (χ1) is 18.3. The SMILES string of the molecule is CC1/C=C/C=C/C=C/C=C/[C@@H](O)C[C@H]2O[C@@](O)(C[C@H](O)C[C@H](O)[C@H](Cl)/C=C/C(=O)OC1C)C[C@@H](O)[C@@H]2C(=O)O. The van der Waals surface area contributed by atoms with E-state index in [2.05, 4.69) is 0 Å². The number of carbonyl (C=O) groups is 2. The van der Waals surface area contributed by atoms with Crippen molar-refractivity contribution >= 4 is 23.5 Å². The standard InChI is InChI=1S/C28H39ClO10/c1-17-9-7-5-3-4-6-8-10-19(30)14-24-26(27(35)36)23(33)16-28(37,39-24)15-20(31)13-22(32)21(29)11-12-25(34)38-18(17)2/h3-12,17-24,26,30-33,37H,13-16H2,1-2H3,(H,35,36)/b5-3+,6-4+,9-7+,10-8+,12-11+/t17?,18?,19-,20-,21-,22+,23-,24-,26+,28+/m1/s1. The highest BCUT2D eigenvalue weighted by atomic mass is 35.5. The van der Waals surface area contributed by atoms with E-state index in [0.717, 1.165) is 6.08 Å². The third kappa shape index (κ3) is 11.0. The number of halogens is 1. The van der Waals surface area contributed by atoms with Crippen LogP contribution in [0.25, 0.3) is 0 Å². The average molecular weight is 571 g/mol. The summed E-state index contributed by atoms with van der Waals surface area (Å²) in [5.74, 6) is -5.64. The molecule has 6 N–H and O–H groups in total. The van der Waals surface area contributed by atoms with Crippen molar-refractivity contribution in [2.75, 3.05) is 0 Å². The minimum atomic E-state index is -2.13. The van der Waals surface area contributed by atoms with E-state index in [1.807, 2.05) is 13.0 Å². The summed E-state index contributed by atoms with van der Waals surface area (Å²) < 4.78 is 11.0. The molecule has 0 saturated carbocycles. The molecule has 2 rings (SSSR count). The highest BCUT2D eigenvalue weighted by Crippen LogP contribution is 2.37. The van der Waals surface area contributed by atoms with Crippen molar-refractivity contribution < 1.29 is 49.7 Å². The van der Waals surface area contributed by atoms with Crippen molar-refractivity contribution in [3.05, 3.63) is 60.8 Å². The Balaban J connectivity index is 2.27. The number of esters is 1. The monoisotopic (exact) mass is 570 g/mol. The summed E-state index contributed by atoms with van der Waals surface area (Å²) in [5, 5.41) is 61.4. The molecule has 1 fully saturated rings. The molecular formula is C28H39ClO10. The van der Waals surface area contributed by atoms with Crippen LogP contribution in [0.4, 0.5) is 0 Å². The minimum Gasteiger partial charge on any atom is -0.481 e. The molecule has 0 aromatic heterocycles. The number of ether oxygens (including phenoxy) is 2. The molecule has 2 aliphatic rings. The number of rotatable bonds is 1. The lowest BCUT2D eigenvalue weighted by Crippen LogP contribution is -2.56. The van der Waals surface area contributed by atoms with Crippen molar-refractivity contribution in [1.29, 1.82) is 0 Å². The molecule has 218 valence electrons. The topological polar surface area (TPSA) is 174 Å². The number of carboxylic acids is 1. The summed E-state index contributed by atoms with van der Waals surface area (Å²) in [5.41, 5.74) is 0. The Kier molecular flexibility index (Phi) is 13.1. The smallest absolute Gasteiger partial charge is 0.330 e. The fraction of sp³-hybridized carbons (Fsp3) is 0.571. The zero-order chi connectivity index (χ0) is 29.2. The Bertz CT molecular complexity index is 960. The van der Waals surface area contributed by atoms with Crippen LogP contribution in [-0.2, 0) is 19.1 Å². The van der Waals surface area contributed by atoms with Crippen molar-refractivity contribution in [3.63, 3.8) is 0 Å². The molecule has 10 atom stereocenters. The minimum absolute atomic E-state index is 0.0929. The summed E-state index contributed by atoms with van der Waals surface area (Å²) in [7, 11) is 0. The maximum Gasteiger partial charge on any atom is 0.330 e. The molecule has 39 heavy (non-hydrogen) atoms. The normalized spacial score (nSPS) is 43.7. The number of alkyl halides is 1. The predicted molar refractivity (Wildman–Crippen MR) is 144 cm³/mol. The zero-order valence-electron chi connectivity index (χ0n) is 22.0. The number of carboxylic acid groups (broad SMARTS) is 1. The van der Waals surface area contributed by atoms with Crippen LogP contribution in [0.2, 0.25) is 0 Å². The first kappa shape index (κ1) is 32.9. The van der Waals surface area contributed by atoms with Gasteiger partial charge in [-0.3, -0.25) is 4.79 Å². The summed E-state index contributed by atoms with van der Waals surface area (Å²) in [4.78, 5) is 24.0. The largest absolute Gasteiger partial charge is 0.481 e. The molecule has 0 aromatic carbocycles. The van der Waals surface area contributed by atoms with Crippen molar-refractivity contribution in [1.82, 2.24) is 0 Å². The highest BCUT2D eigenvalue weighted by Gasteiger charge is 2.49. The van der Waals surface area contributed by atoms with E-state index in [4.69, 9.17) is 21.1 Å². The zero-order valence-corrected chi connectivity index (χ0v) is 22.7. The molecule has 2 heterocycles. The van der Waals surface area contributed by atoms with Gasteiger partial charge in [-0.15, -0.1) is 11.6 Å². The van der Waals surface area contributed by atoms with Crippen LogP contribution in [-0.4, -0.2) is 90.4 Å². The van der Waals surface area contributed by atoms with E-state index in [9.17, 15) is 40.2 Å². The van der Waals surface area contributed by atoms with E-state index in [-0.39, 0.29) is 18.8 Å². The van der Waals surface area contributed by atoms with Gasteiger partial charge in [0.15, 0.2) is 5.79 Å². The molecule has 2 aliphatic heterocycles. The van der Waals surface area contributed by atoms with Crippen LogP contribution in [0.1, 0.15) is 39.5 Å². The molecule has 2 bridgehead atoms. The van der Waals surface area contributed by atoms with Gasteiger partial charge in [0.25, 0.3) is 0 Å². The van der Waals surface area contributed by atoms with Crippen LogP contribution in [0, 0.1) is 11.8 Å². The second-order valence-corrected chi connectivity index (χ2v) is 10.6. The summed E-state index contributed by atoms with van der Waals surface area (Å²) in [6.07, 6.45) is 7.26. The second-order valence-electron chi connectivity index (χ2n) is 10.0. The molecule has 0 spiro atoms. The molecule has 1 saturated heterocycles. The fourth-order valence-electron chi connectivity index (χ4n) is 4.40. The van der Waals surface area contributed by atoms with Crippen LogP contribution < -0.4 is 0 Å². The highest BCUT2D eigenvalue weighted by molar-refractivity contribution is 6.22. The maximum absolute atomic E-state index is 12.2. The number of allylic oxidation sites excluding steroid dienone is 6. The Hall–Kier alpha value is -2.31. The number of carbonyl (C=O) groups excluding carboxylic acids is 1. The number of aliphatic hydroxyl groups is 5. The second kappa shape index (κ2) is 15.5. The van der Waals surface area contributed by atoms with Gasteiger partial charge in [0.1, 0.15) is 12.0 Å². The first-order valence-corrected chi connectivity index (χ1v) is 13.3. The number of fused-ring (bicyclic) bond motifs is 2. The summed E-state index contributed by atoms with van der Waals surface area (Å²) >= 11 is 6.16. The number of hydrogen-bond donors (Lipinski definition) is 6. The predicted octanol–water partition coefficient (Wildman–Crippen LogP) is 1.75. The maximum atomic E-state index is 12.2. The van der Waals surface area contributed by atoms with Gasteiger partial charge in [-0.25, -0.2) is 4.79 Å². The molecule has 0 amide bonds. The summed E-state index contributed by atoms with van der Waals surface area (Å²) in [6, 6.07) is 0. The lowest BCUT2D eigenvalue weighted by atomic mass is 9.83. The molecule has 0 radical (unpaired) electrons. The van der Waals surface area contributed by atoms with Crippen LogP contribution in [0.5, 0.6) is 0 Å². The third-order valence-electron chi connectivity index (χ3n) is 6.67. The number of cyclic esters (lactones) is 1. The lowest BCUT2D eigenvalue weighted by Gasteiger charge is -2.44. The van der Waals surface area contributed by atoms with E-state index in [0.29, 0.717) is 0 Å². The first-order valence-electron chi connectivity index (χ1n) is 12.9. The van der Waals surface area contributed by atoms with Crippen molar-refractivity contribution in [3.8, 4) is 0 Å². The van der Waals surface area contributed by atoms with Gasteiger partial charge in [-0.05, 0) is 6.92 Å². The molecule has 10 nitrogen and oxygen atoms in total. The van der Waals surface area contributed by atoms with Gasteiger partial charge in [0, 0.05) is 37.7 Å². The molecule has 0 aliphatic carbocycles. The number of aliphatic carboxylic acids is 1. The van der Waals surface area contributed by atoms with E-state index >= 15 is 0 Å². The van der Waals surface area contributed by atoms with Crippen LogP contribution in [0.3, 0.4) is 0 Å². The van der Waals surface area contributed by atoms with E-state index < -0.39 is 78.5 Å². The quantitative estimate of drug-likeness (QED) is 0.201. The van der Waals surface area contributed by atoms with E-state index in [1.165, 1.54) is 12.2 Å². The van der Waals surface area contributed by atoms with E-state index in [1.54, 1.807) is 43.4 Å². The third-order valence-corrected chi connectivity index (χ3v) is 7.11. The molecule has 11 heteroatoms. The van der Waals surface area contributed by atoms with Crippen molar-refractivity contribution in [2.24, 2.45) is 11.8 Å². The van der Waals surface area contributed by atoms with Crippen molar-refractivity contribution in [2.45, 2.75) is 87.3 Å². The Morgan fingerprint density at radius 1 is 0.923 bits per heavy atom. The number of aliphatic hydroxyl groups excluding tert-OH is 4. The fourth-order valence-corrected chi connectivity index (χ4v) is 4.58. The molecule has 2 unspecified atom stereocenters. The summed E-state index contributed by atoms with van der Waals surface area (Å²) in [6.45, 7) is 3.62. The van der Waals surface area contributed by atoms with Gasteiger partial charge in [0.05, 0.1) is 35.9 Å². The Morgan fingerprint density at radius 2 is 1.54 bits per heavy atom. The van der Waals surface area contributed by atoms with Gasteiger partial charge >= 0.3 is 11.9 Å². The average Bonchev–Trinajstić information content (AvgIpc) is 2.82. The van der Waals surface area contributed by atoms with Crippen LogP contribution >= 0.6 is 11.6 Å².